The van der Waals surface area contributed by atoms with Gasteiger partial charge in [-0.25, -0.2) is 10.3 Å². The lowest BCUT2D eigenvalue weighted by atomic mass is 9.88. The summed E-state index contributed by atoms with van der Waals surface area (Å²) in [5.74, 6) is 0. The number of ether oxygens (including phenoxy) is 1. The third kappa shape index (κ3) is 3.44. The minimum absolute atomic E-state index is 0.0921. The summed E-state index contributed by atoms with van der Waals surface area (Å²) in [5.41, 5.74) is 3.13. The molecule has 5 heteroatoms. The molecule has 1 aliphatic carbocycles. The molecule has 5 nitrogen and oxygen atoms in total. The third-order valence-corrected chi connectivity index (χ3v) is 2.86. The summed E-state index contributed by atoms with van der Waals surface area (Å²) >= 11 is 0. The fraction of sp³-hybridized carbons (Fsp3) is 0.417. The van der Waals surface area contributed by atoms with Gasteiger partial charge in [-0.2, -0.15) is 0 Å². The molecule has 3 N–H and O–H groups in total. The molecule has 1 amide bonds. The van der Waals surface area contributed by atoms with Crippen LogP contribution in [0.25, 0.3) is 0 Å². The van der Waals surface area contributed by atoms with E-state index in [4.69, 9.17) is 9.94 Å². The molecule has 0 unspecified atom stereocenters. The average Bonchev–Trinajstić information content (AvgIpc) is 2.32. The Bertz CT molecular complexity index is 363. The number of carbonyl (C=O) groups excluding carboxylic acids is 1. The summed E-state index contributed by atoms with van der Waals surface area (Å²) in [6.07, 6.45) is 1.06. The van der Waals surface area contributed by atoms with Gasteiger partial charge in [-0.1, -0.05) is 30.3 Å². The van der Waals surface area contributed by atoms with Gasteiger partial charge in [0, 0.05) is 12.1 Å². The Morgan fingerprint density at radius 3 is 2.65 bits per heavy atom. The van der Waals surface area contributed by atoms with Gasteiger partial charge >= 0.3 is 6.09 Å². The maximum Gasteiger partial charge on any atom is 0.407 e. The van der Waals surface area contributed by atoms with E-state index in [2.05, 4.69) is 10.8 Å². The molecule has 1 fully saturated rings. The number of hydroxylamine groups is 1. The van der Waals surface area contributed by atoms with Gasteiger partial charge in [-0.15, -0.1) is 0 Å². The largest absolute Gasteiger partial charge is 0.445 e. The van der Waals surface area contributed by atoms with Gasteiger partial charge in [0.2, 0.25) is 0 Å². The molecule has 1 aliphatic rings. The predicted molar refractivity (Wildman–Crippen MR) is 61.5 cm³/mol. The summed E-state index contributed by atoms with van der Waals surface area (Å²) in [6, 6.07) is 9.72. The van der Waals surface area contributed by atoms with Crippen molar-refractivity contribution in [3.63, 3.8) is 0 Å². The van der Waals surface area contributed by atoms with Crippen molar-refractivity contribution in [2.45, 2.75) is 31.5 Å². The molecule has 0 aliphatic heterocycles. The number of benzene rings is 1. The van der Waals surface area contributed by atoms with Crippen molar-refractivity contribution in [2.75, 3.05) is 0 Å². The molecule has 1 saturated carbocycles. The van der Waals surface area contributed by atoms with Crippen molar-refractivity contribution in [3.05, 3.63) is 35.9 Å². The summed E-state index contributed by atoms with van der Waals surface area (Å²) in [7, 11) is 0. The number of hydrogen-bond donors (Lipinski definition) is 3. The Kier molecular flexibility index (Phi) is 3.95. The van der Waals surface area contributed by atoms with Gasteiger partial charge in [0.05, 0.1) is 0 Å². The predicted octanol–water partition coefficient (Wildman–Crippen LogP) is 1.42. The zero-order valence-corrected chi connectivity index (χ0v) is 9.43. The number of rotatable bonds is 4. The first-order valence-electron chi connectivity index (χ1n) is 5.65. The Hall–Kier alpha value is -1.59. The highest BCUT2D eigenvalue weighted by Gasteiger charge is 2.30. The SMILES string of the molecule is O=C(NC1CC(NO)C1)OCc1ccccc1. The molecule has 1 aromatic carbocycles. The van der Waals surface area contributed by atoms with Crippen LogP contribution in [0.5, 0.6) is 0 Å². The maximum absolute atomic E-state index is 11.4. The second-order valence-corrected chi connectivity index (χ2v) is 4.20. The highest BCUT2D eigenvalue weighted by Crippen LogP contribution is 2.19. The second-order valence-electron chi connectivity index (χ2n) is 4.20. The summed E-state index contributed by atoms with van der Waals surface area (Å²) in [4.78, 5) is 11.4. The van der Waals surface area contributed by atoms with Crippen molar-refractivity contribution in [3.8, 4) is 0 Å². The number of amides is 1. The zero-order chi connectivity index (χ0) is 12.1. The number of carbonyl (C=O) groups is 1. The first-order valence-corrected chi connectivity index (χ1v) is 5.65. The number of nitrogens with one attached hydrogen (secondary N) is 2. The van der Waals surface area contributed by atoms with Crippen LogP contribution in [0.15, 0.2) is 30.3 Å². The molecule has 1 aromatic rings. The Labute approximate surface area is 99.7 Å². The Balaban J connectivity index is 1.65. The molecule has 2 rings (SSSR count). The van der Waals surface area contributed by atoms with Gasteiger partial charge in [0.15, 0.2) is 0 Å². The van der Waals surface area contributed by atoms with Gasteiger partial charge in [0.25, 0.3) is 0 Å². The van der Waals surface area contributed by atoms with Crippen molar-refractivity contribution in [1.82, 2.24) is 10.8 Å². The smallest absolute Gasteiger partial charge is 0.407 e. The molecular weight excluding hydrogens is 220 g/mol. The van der Waals surface area contributed by atoms with E-state index in [9.17, 15) is 4.79 Å². The number of hydrogen-bond acceptors (Lipinski definition) is 4. The van der Waals surface area contributed by atoms with Gasteiger partial charge in [-0.3, -0.25) is 0 Å². The van der Waals surface area contributed by atoms with Gasteiger partial charge in [0.1, 0.15) is 6.61 Å². The van der Waals surface area contributed by atoms with E-state index in [0.29, 0.717) is 0 Å². The molecule has 0 saturated heterocycles. The van der Waals surface area contributed by atoms with Crippen molar-refractivity contribution < 1.29 is 14.7 Å². The molecule has 0 heterocycles. The van der Waals surface area contributed by atoms with Crippen LogP contribution in [-0.2, 0) is 11.3 Å². The lowest BCUT2D eigenvalue weighted by Crippen LogP contribution is -2.51. The highest BCUT2D eigenvalue weighted by molar-refractivity contribution is 5.67. The summed E-state index contributed by atoms with van der Waals surface area (Å²) in [5, 5.41) is 11.3. The van der Waals surface area contributed by atoms with Crippen LogP contribution >= 0.6 is 0 Å². The fourth-order valence-electron chi connectivity index (χ4n) is 1.77. The standard InChI is InChI=1S/C12H16N2O3/c15-12(13-10-6-11(7-10)14-16)17-8-9-4-2-1-3-5-9/h1-5,10-11,14,16H,6-8H2,(H,13,15). The maximum atomic E-state index is 11.4. The van der Waals surface area contributed by atoms with E-state index in [1.54, 1.807) is 0 Å². The van der Waals surface area contributed by atoms with Crippen LogP contribution in [0, 0.1) is 0 Å². The average molecular weight is 236 g/mol. The van der Waals surface area contributed by atoms with Crippen molar-refractivity contribution in [2.24, 2.45) is 0 Å². The zero-order valence-electron chi connectivity index (χ0n) is 9.43. The first-order chi connectivity index (χ1) is 8.28. The summed E-state index contributed by atoms with van der Waals surface area (Å²) in [6.45, 7) is 0.279. The first kappa shape index (κ1) is 11.9. The van der Waals surface area contributed by atoms with Crippen LogP contribution < -0.4 is 10.8 Å². The third-order valence-electron chi connectivity index (χ3n) is 2.86. The summed E-state index contributed by atoms with van der Waals surface area (Å²) < 4.78 is 5.07. The minimum atomic E-state index is -0.407. The van der Waals surface area contributed by atoms with E-state index in [-0.39, 0.29) is 18.7 Å². The molecule has 92 valence electrons. The van der Waals surface area contributed by atoms with E-state index in [0.717, 1.165) is 18.4 Å². The normalized spacial score (nSPS) is 22.6. The van der Waals surface area contributed by atoms with Crippen molar-refractivity contribution >= 4 is 6.09 Å². The molecule has 17 heavy (non-hydrogen) atoms. The lowest BCUT2D eigenvalue weighted by molar-refractivity contribution is 0.0659. The topological polar surface area (TPSA) is 70.6 Å². The van der Waals surface area contributed by atoms with Crippen LogP contribution in [0.3, 0.4) is 0 Å². The van der Waals surface area contributed by atoms with E-state index < -0.39 is 6.09 Å². The van der Waals surface area contributed by atoms with Crippen LogP contribution in [0.2, 0.25) is 0 Å². The Morgan fingerprint density at radius 2 is 2.00 bits per heavy atom. The van der Waals surface area contributed by atoms with Crippen LogP contribution in [0.1, 0.15) is 18.4 Å². The molecule has 0 aromatic heterocycles. The molecule has 0 spiro atoms. The molecule has 0 radical (unpaired) electrons. The monoisotopic (exact) mass is 236 g/mol. The second kappa shape index (κ2) is 5.65. The van der Waals surface area contributed by atoms with Crippen LogP contribution in [0.4, 0.5) is 4.79 Å². The van der Waals surface area contributed by atoms with Gasteiger partial charge in [-0.05, 0) is 18.4 Å². The van der Waals surface area contributed by atoms with Crippen LogP contribution in [-0.4, -0.2) is 23.4 Å². The fourth-order valence-corrected chi connectivity index (χ4v) is 1.77. The molecule has 0 atom stereocenters. The Morgan fingerprint density at radius 1 is 1.29 bits per heavy atom. The highest BCUT2D eigenvalue weighted by atomic mass is 16.5. The van der Waals surface area contributed by atoms with Crippen molar-refractivity contribution in [1.29, 1.82) is 0 Å². The minimum Gasteiger partial charge on any atom is -0.445 e. The quantitative estimate of drug-likeness (QED) is 0.691. The number of alkyl carbamates (subject to hydrolysis) is 1. The van der Waals surface area contributed by atoms with E-state index in [1.807, 2.05) is 30.3 Å². The van der Waals surface area contributed by atoms with E-state index >= 15 is 0 Å². The lowest BCUT2D eigenvalue weighted by Gasteiger charge is -2.34. The van der Waals surface area contributed by atoms with E-state index in [1.165, 1.54) is 0 Å². The molecule has 0 bridgehead atoms. The van der Waals surface area contributed by atoms with Gasteiger partial charge < -0.3 is 15.3 Å². The molecular formula is C12H16N2O3.